The zero-order valence-electron chi connectivity index (χ0n) is 20.5. The summed E-state index contributed by atoms with van der Waals surface area (Å²) in [5, 5.41) is 7.33. The number of hydrogen-bond acceptors (Lipinski definition) is 6. The average molecular weight is 496 g/mol. The van der Waals surface area contributed by atoms with E-state index in [1.54, 1.807) is 18.2 Å². The summed E-state index contributed by atoms with van der Waals surface area (Å²) in [4.78, 5) is 25.0. The molecule has 4 rings (SSSR count). The van der Waals surface area contributed by atoms with E-state index in [1.165, 1.54) is 22.9 Å². The highest BCUT2D eigenvalue weighted by Crippen LogP contribution is 2.32. The van der Waals surface area contributed by atoms with Gasteiger partial charge in [-0.2, -0.15) is 5.10 Å². The Morgan fingerprint density at radius 1 is 1.19 bits per heavy atom. The molecule has 10 heteroatoms. The van der Waals surface area contributed by atoms with Gasteiger partial charge in [-0.15, -0.1) is 0 Å². The smallest absolute Gasteiger partial charge is 0.269 e. The summed E-state index contributed by atoms with van der Waals surface area (Å²) in [7, 11) is 0. The van der Waals surface area contributed by atoms with E-state index in [-0.39, 0.29) is 35.5 Å². The number of nitrogens with two attached hydrogens (primary N) is 2. The molecule has 1 aliphatic carbocycles. The summed E-state index contributed by atoms with van der Waals surface area (Å²) < 4.78 is 26.8. The fraction of sp³-hybridized carbons (Fsp3) is 0.346. The van der Waals surface area contributed by atoms with Crippen LogP contribution in [0, 0.1) is 5.82 Å². The van der Waals surface area contributed by atoms with Gasteiger partial charge in [0.25, 0.3) is 11.8 Å². The first kappa shape index (κ1) is 25.0. The lowest BCUT2D eigenvalue weighted by molar-refractivity contribution is 0.0944. The van der Waals surface area contributed by atoms with Crippen LogP contribution in [0.1, 0.15) is 71.6 Å². The number of nitrogen functional groups attached to an aromatic ring is 1. The maximum Gasteiger partial charge on any atom is 0.269 e. The first-order valence-electron chi connectivity index (χ1n) is 11.9. The van der Waals surface area contributed by atoms with Gasteiger partial charge in [0.2, 0.25) is 0 Å². The molecular weight excluding hydrogens is 465 g/mol. The Balaban J connectivity index is 1.60. The SMILES string of the molecule is CCOc1cc(CNC(=O)c2cc(F)ccc2OC2CC2)ccc1-n1nc(C(C)C)c(N)c1C(N)=O. The molecule has 0 atom stereocenters. The molecule has 1 fully saturated rings. The number of aromatic nitrogens is 2. The third-order valence-electron chi connectivity index (χ3n) is 5.74. The van der Waals surface area contributed by atoms with Crippen LogP contribution in [0.4, 0.5) is 10.1 Å². The number of halogens is 1. The lowest BCUT2D eigenvalue weighted by atomic mass is 10.1. The van der Waals surface area contributed by atoms with Crippen LogP contribution in [-0.4, -0.2) is 34.3 Å². The molecule has 0 aliphatic heterocycles. The Hall–Kier alpha value is -4.08. The van der Waals surface area contributed by atoms with E-state index in [0.29, 0.717) is 29.5 Å². The standard InChI is InChI=1S/C26H30FN5O4/c1-4-35-21-11-15(5-9-19(21)32-24(25(29)33)22(28)23(31-32)14(2)3)13-30-26(34)18-12-16(27)6-10-20(18)36-17-7-8-17/h5-6,9-12,14,17H,4,7-8,13,28H2,1-3H3,(H2,29,33)(H,30,34). The number of rotatable bonds is 10. The number of nitrogens with zero attached hydrogens (tertiary/aromatic N) is 2. The van der Waals surface area contributed by atoms with Crippen molar-refractivity contribution in [2.45, 2.75) is 52.2 Å². The van der Waals surface area contributed by atoms with Gasteiger partial charge in [0, 0.05) is 6.54 Å². The molecule has 1 aromatic heterocycles. The number of carbonyl (C=O) groups excluding carboxylic acids is 2. The number of hydrogen-bond donors (Lipinski definition) is 3. The van der Waals surface area contributed by atoms with Gasteiger partial charge < -0.3 is 26.3 Å². The Kier molecular flexibility index (Phi) is 7.14. The predicted octanol–water partition coefficient (Wildman–Crippen LogP) is 3.69. The van der Waals surface area contributed by atoms with E-state index in [9.17, 15) is 14.0 Å². The molecule has 1 saturated carbocycles. The summed E-state index contributed by atoms with van der Waals surface area (Å²) in [6, 6.07) is 9.14. The van der Waals surface area contributed by atoms with Gasteiger partial charge in [-0.05, 0) is 61.6 Å². The molecule has 2 aromatic carbocycles. The van der Waals surface area contributed by atoms with E-state index in [2.05, 4.69) is 10.4 Å². The van der Waals surface area contributed by atoms with Crippen LogP contribution in [0.5, 0.6) is 11.5 Å². The van der Waals surface area contributed by atoms with E-state index in [0.717, 1.165) is 18.4 Å². The van der Waals surface area contributed by atoms with Gasteiger partial charge in [0.1, 0.15) is 23.0 Å². The van der Waals surface area contributed by atoms with Crippen molar-refractivity contribution in [1.82, 2.24) is 15.1 Å². The molecule has 0 bridgehead atoms. The van der Waals surface area contributed by atoms with Crippen LogP contribution >= 0.6 is 0 Å². The topological polar surface area (TPSA) is 134 Å². The zero-order chi connectivity index (χ0) is 26.0. The number of primary amides is 1. The normalized spacial score (nSPS) is 13.0. The molecular formula is C26H30FN5O4. The first-order valence-corrected chi connectivity index (χ1v) is 11.9. The Morgan fingerprint density at radius 2 is 1.94 bits per heavy atom. The number of amides is 2. The lowest BCUT2D eigenvalue weighted by Crippen LogP contribution is -2.24. The molecule has 5 N–H and O–H groups in total. The second-order valence-electron chi connectivity index (χ2n) is 8.95. The predicted molar refractivity (Wildman–Crippen MR) is 133 cm³/mol. The molecule has 0 radical (unpaired) electrons. The number of anilines is 1. The van der Waals surface area contributed by atoms with Gasteiger partial charge in [-0.3, -0.25) is 9.59 Å². The largest absolute Gasteiger partial charge is 0.492 e. The number of ether oxygens (including phenoxy) is 2. The lowest BCUT2D eigenvalue weighted by Gasteiger charge is -2.15. The van der Waals surface area contributed by atoms with Crippen LogP contribution in [0.15, 0.2) is 36.4 Å². The third-order valence-corrected chi connectivity index (χ3v) is 5.74. The summed E-state index contributed by atoms with van der Waals surface area (Å²) in [5.41, 5.74) is 14.0. The monoisotopic (exact) mass is 495 g/mol. The maximum absolute atomic E-state index is 13.8. The minimum Gasteiger partial charge on any atom is -0.492 e. The summed E-state index contributed by atoms with van der Waals surface area (Å²) in [6.45, 7) is 6.18. The highest BCUT2D eigenvalue weighted by atomic mass is 19.1. The first-order chi connectivity index (χ1) is 17.2. The molecule has 3 aromatic rings. The Labute approximate surface area is 208 Å². The van der Waals surface area contributed by atoms with Gasteiger partial charge >= 0.3 is 0 Å². The molecule has 9 nitrogen and oxygen atoms in total. The van der Waals surface area contributed by atoms with Crippen LogP contribution in [-0.2, 0) is 6.54 Å². The average Bonchev–Trinajstić information content (AvgIpc) is 3.58. The molecule has 0 spiro atoms. The van der Waals surface area contributed by atoms with E-state index in [1.807, 2.05) is 20.8 Å². The van der Waals surface area contributed by atoms with Crippen molar-refractivity contribution < 1.29 is 23.5 Å². The number of carbonyl (C=O) groups is 2. The van der Waals surface area contributed by atoms with Crippen molar-refractivity contribution in [2.24, 2.45) is 5.73 Å². The van der Waals surface area contributed by atoms with Gasteiger partial charge in [-0.1, -0.05) is 19.9 Å². The number of benzene rings is 2. The van der Waals surface area contributed by atoms with E-state index >= 15 is 0 Å². The Bertz CT molecular complexity index is 1300. The van der Waals surface area contributed by atoms with Gasteiger partial charge in [-0.25, -0.2) is 9.07 Å². The second-order valence-corrected chi connectivity index (χ2v) is 8.95. The van der Waals surface area contributed by atoms with Crippen molar-refractivity contribution in [2.75, 3.05) is 12.3 Å². The highest BCUT2D eigenvalue weighted by Gasteiger charge is 2.26. The summed E-state index contributed by atoms with van der Waals surface area (Å²) in [5.74, 6) is -0.901. The van der Waals surface area contributed by atoms with Crippen LogP contribution in [0.25, 0.3) is 5.69 Å². The second kappa shape index (κ2) is 10.3. The van der Waals surface area contributed by atoms with Gasteiger partial charge in [0.05, 0.1) is 29.7 Å². The molecule has 190 valence electrons. The van der Waals surface area contributed by atoms with Crippen molar-refractivity contribution >= 4 is 17.5 Å². The highest BCUT2D eigenvalue weighted by molar-refractivity contribution is 5.98. The maximum atomic E-state index is 13.8. The molecule has 1 aliphatic rings. The molecule has 2 amide bonds. The summed E-state index contributed by atoms with van der Waals surface area (Å²) in [6.07, 6.45) is 1.91. The molecule has 0 saturated heterocycles. The quantitative estimate of drug-likeness (QED) is 0.393. The molecule has 1 heterocycles. The van der Waals surface area contributed by atoms with Crippen molar-refractivity contribution in [3.8, 4) is 17.2 Å². The van der Waals surface area contributed by atoms with Crippen molar-refractivity contribution in [3.05, 3.63) is 64.7 Å². The number of nitrogens with one attached hydrogen (secondary N) is 1. The summed E-state index contributed by atoms with van der Waals surface area (Å²) >= 11 is 0. The fourth-order valence-electron chi connectivity index (χ4n) is 3.82. The van der Waals surface area contributed by atoms with Crippen molar-refractivity contribution in [3.63, 3.8) is 0 Å². The van der Waals surface area contributed by atoms with E-state index < -0.39 is 17.6 Å². The zero-order valence-corrected chi connectivity index (χ0v) is 20.5. The van der Waals surface area contributed by atoms with E-state index in [4.69, 9.17) is 20.9 Å². The van der Waals surface area contributed by atoms with Gasteiger partial charge in [0.15, 0.2) is 5.69 Å². The third kappa shape index (κ3) is 5.27. The molecule has 36 heavy (non-hydrogen) atoms. The minimum absolute atomic E-state index is 0.0222. The Morgan fingerprint density at radius 3 is 2.58 bits per heavy atom. The van der Waals surface area contributed by atoms with Crippen LogP contribution < -0.4 is 26.3 Å². The van der Waals surface area contributed by atoms with Crippen molar-refractivity contribution in [1.29, 1.82) is 0 Å². The fourth-order valence-corrected chi connectivity index (χ4v) is 3.82. The minimum atomic E-state index is -0.704. The van der Waals surface area contributed by atoms with Crippen LogP contribution in [0.3, 0.4) is 0 Å². The molecule has 0 unspecified atom stereocenters. The van der Waals surface area contributed by atoms with Crippen LogP contribution in [0.2, 0.25) is 0 Å².